The molecule has 0 radical (unpaired) electrons. The average molecular weight is 371 g/mol. The van der Waals surface area contributed by atoms with Gasteiger partial charge < -0.3 is 4.90 Å². The molecule has 4 heterocycles. The molecule has 4 saturated heterocycles. The molecule has 3 atom stereocenters. The normalized spacial score (nSPS) is 30.7. The van der Waals surface area contributed by atoms with Crippen LogP contribution in [0.1, 0.15) is 45.8 Å². The lowest BCUT2D eigenvalue weighted by Gasteiger charge is -2.51. The zero-order valence-electron chi connectivity index (χ0n) is 16.2. The highest BCUT2D eigenvalue weighted by Gasteiger charge is 2.54. The molecule has 0 N–H and O–H groups in total. The van der Waals surface area contributed by atoms with Gasteiger partial charge in [0.15, 0.2) is 0 Å². The molecule has 28 heavy (non-hydrogen) atoms. The summed E-state index contributed by atoms with van der Waals surface area (Å²) in [4.78, 5) is 18.2. The highest BCUT2D eigenvalue weighted by Crippen LogP contribution is 2.47. The van der Waals surface area contributed by atoms with E-state index in [1.54, 1.807) is 12.1 Å². The Kier molecular flexibility index (Phi) is 4.21. The highest BCUT2D eigenvalue weighted by atomic mass is 16.2. The number of nitriles is 1. The summed E-state index contributed by atoms with van der Waals surface area (Å²) < 4.78 is 0. The van der Waals surface area contributed by atoms with Gasteiger partial charge in [0, 0.05) is 24.1 Å². The largest absolute Gasteiger partial charge is 0.333 e. The van der Waals surface area contributed by atoms with Crippen LogP contribution < -0.4 is 0 Å². The number of hydrogen-bond acceptors (Lipinski definition) is 3. The second-order valence-corrected chi connectivity index (χ2v) is 8.52. The second kappa shape index (κ2) is 6.76. The second-order valence-electron chi connectivity index (χ2n) is 8.52. The van der Waals surface area contributed by atoms with Gasteiger partial charge in [-0.1, -0.05) is 35.9 Å². The topological polar surface area (TPSA) is 47.3 Å². The van der Waals surface area contributed by atoms with E-state index >= 15 is 0 Å². The first-order valence-corrected chi connectivity index (χ1v) is 10.3. The first-order valence-electron chi connectivity index (χ1n) is 10.3. The van der Waals surface area contributed by atoms with Crippen LogP contribution in [0, 0.1) is 24.2 Å². The molecular formula is C24H25N3O. The number of amides is 1. The summed E-state index contributed by atoms with van der Waals surface area (Å²) in [6.45, 7) is 5.19. The van der Waals surface area contributed by atoms with E-state index in [0.717, 1.165) is 19.6 Å². The third-order valence-corrected chi connectivity index (χ3v) is 7.00. The number of likely N-dealkylation sites (tertiary alicyclic amines) is 1. The third-order valence-electron chi connectivity index (χ3n) is 7.00. The first-order chi connectivity index (χ1) is 13.7. The molecule has 0 aliphatic carbocycles. The molecule has 4 aliphatic heterocycles. The van der Waals surface area contributed by atoms with Gasteiger partial charge in [-0.05, 0) is 62.5 Å². The Hall–Kier alpha value is -2.64. The SMILES string of the molecule is Cc1ccc([C@@H]2CN(C(=O)c3cccc(C#N)c3)[C@@H]3C4CCN(CC4)[C@@H]32)cc1. The van der Waals surface area contributed by atoms with E-state index in [-0.39, 0.29) is 11.9 Å². The summed E-state index contributed by atoms with van der Waals surface area (Å²) in [7, 11) is 0. The molecule has 0 unspecified atom stereocenters. The van der Waals surface area contributed by atoms with Crippen molar-refractivity contribution >= 4 is 5.91 Å². The van der Waals surface area contributed by atoms with Crippen LogP contribution in [0.5, 0.6) is 0 Å². The number of nitrogens with zero attached hydrogens (tertiary/aromatic N) is 3. The lowest BCUT2D eigenvalue weighted by atomic mass is 9.75. The molecule has 4 heteroatoms. The minimum absolute atomic E-state index is 0.0791. The van der Waals surface area contributed by atoms with Gasteiger partial charge >= 0.3 is 0 Å². The third kappa shape index (κ3) is 2.73. The molecule has 2 bridgehead atoms. The fourth-order valence-corrected chi connectivity index (χ4v) is 5.65. The smallest absolute Gasteiger partial charge is 0.254 e. The van der Waals surface area contributed by atoms with Crippen molar-refractivity contribution < 1.29 is 4.79 Å². The predicted octanol–water partition coefficient (Wildman–Crippen LogP) is 3.57. The zero-order valence-corrected chi connectivity index (χ0v) is 16.2. The summed E-state index contributed by atoms with van der Waals surface area (Å²) in [5.74, 6) is 1.03. The zero-order chi connectivity index (χ0) is 19.3. The molecule has 4 aliphatic rings. The lowest BCUT2D eigenvalue weighted by Crippen LogP contribution is -2.60. The van der Waals surface area contributed by atoms with Crippen molar-refractivity contribution in [2.24, 2.45) is 5.92 Å². The maximum Gasteiger partial charge on any atom is 0.254 e. The van der Waals surface area contributed by atoms with Crippen LogP contribution in [0.4, 0.5) is 0 Å². The number of carbonyl (C=O) groups excluding carboxylic acids is 1. The maximum atomic E-state index is 13.5. The fraction of sp³-hybridized carbons (Fsp3) is 0.417. The van der Waals surface area contributed by atoms with Gasteiger partial charge in [0.05, 0.1) is 17.7 Å². The average Bonchev–Trinajstić information content (AvgIpc) is 3.17. The summed E-state index contributed by atoms with van der Waals surface area (Å²) in [6.07, 6.45) is 2.37. The summed E-state index contributed by atoms with van der Waals surface area (Å²) >= 11 is 0. The van der Waals surface area contributed by atoms with Gasteiger partial charge in [0.1, 0.15) is 0 Å². The van der Waals surface area contributed by atoms with E-state index in [9.17, 15) is 10.1 Å². The number of aryl methyl sites for hydroxylation is 1. The number of piperidine rings is 3. The van der Waals surface area contributed by atoms with E-state index in [0.29, 0.717) is 29.0 Å². The monoisotopic (exact) mass is 371 g/mol. The first kappa shape index (κ1) is 17.5. The van der Waals surface area contributed by atoms with E-state index in [1.165, 1.54) is 24.0 Å². The molecule has 4 fully saturated rings. The molecule has 6 rings (SSSR count). The molecule has 0 aromatic heterocycles. The molecule has 4 nitrogen and oxygen atoms in total. The Morgan fingerprint density at radius 2 is 1.82 bits per heavy atom. The number of fused-ring (bicyclic) bond motifs is 2. The van der Waals surface area contributed by atoms with Gasteiger partial charge in [0.25, 0.3) is 5.91 Å². The molecule has 0 saturated carbocycles. The Morgan fingerprint density at radius 3 is 2.54 bits per heavy atom. The number of carbonyl (C=O) groups is 1. The summed E-state index contributed by atoms with van der Waals surface area (Å²) in [5, 5.41) is 9.21. The maximum absolute atomic E-state index is 13.5. The molecular weight excluding hydrogens is 346 g/mol. The van der Waals surface area contributed by atoms with Gasteiger partial charge in [0.2, 0.25) is 0 Å². The van der Waals surface area contributed by atoms with Crippen LogP contribution in [-0.4, -0.2) is 47.4 Å². The van der Waals surface area contributed by atoms with E-state index in [2.05, 4.69) is 47.1 Å². The van der Waals surface area contributed by atoms with Gasteiger partial charge in [-0.3, -0.25) is 9.69 Å². The van der Waals surface area contributed by atoms with Crippen LogP contribution in [0.25, 0.3) is 0 Å². The van der Waals surface area contributed by atoms with E-state index in [4.69, 9.17) is 0 Å². The minimum atomic E-state index is 0.0791. The number of rotatable bonds is 2. The van der Waals surface area contributed by atoms with Crippen LogP contribution in [0.15, 0.2) is 48.5 Å². The van der Waals surface area contributed by atoms with Crippen molar-refractivity contribution in [3.63, 3.8) is 0 Å². The standard InChI is InChI=1S/C24H25N3O/c1-16-5-7-18(8-6-16)21-15-27(22-19-9-11-26(12-10-19)23(21)22)24(28)20-4-2-3-17(13-20)14-25/h2-8,13,19,21-23H,9-12,15H2,1H3/t21-,22+,23+/m0/s1. The number of benzene rings is 2. The summed E-state index contributed by atoms with van der Waals surface area (Å²) in [6, 6.07) is 18.9. The Morgan fingerprint density at radius 1 is 1.07 bits per heavy atom. The van der Waals surface area contributed by atoms with Crippen LogP contribution in [0.2, 0.25) is 0 Å². The van der Waals surface area contributed by atoms with E-state index < -0.39 is 0 Å². The van der Waals surface area contributed by atoms with Gasteiger partial charge in [-0.25, -0.2) is 0 Å². The molecule has 2 aromatic carbocycles. The molecule has 0 spiro atoms. The Bertz CT molecular complexity index is 937. The summed E-state index contributed by atoms with van der Waals surface area (Å²) in [5.41, 5.74) is 3.80. The minimum Gasteiger partial charge on any atom is -0.333 e. The molecule has 1 amide bonds. The number of hydrogen-bond donors (Lipinski definition) is 0. The predicted molar refractivity (Wildman–Crippen MR) is 108 cm³/mol. The van der Waals surface area contributed by atoms with Crippen LogP contribution in [-0.2, 0) is 0 Å². The highest BCUT2D eigenvalue weighted by molar-refractivity contribution is 5.95. The van der Waals surface area contributed by atoms with Gasteiger partial charge in [-0.15, -0.1) is 0 Å². The van der Waals surface area contributed by atoms with Gasteiger partial charge in [-0.2, -0.15) is 5.26 Å². The van der Waals surface area contributed by atoms with E-state index in [1.807, 2.05) is 12.1 Å². The Labute approximate surface area is 166 Å². The van der Waals surface area contributed by atoms with Crippen molar-refractivity contribution in [1.29, 1.82) is 5.26 Å². The quantitative estimate of drug-likeness (QED) is 0.811. The van der Waals surface area contributed by atoms with Crippen LogP contribution >= 0.6 is 0 Å². The molecule has 142 valence electrons. The Balaban J connectivity index is 1.52. The van der Waals surface area contributed by atoms with Crippen LogP contribution in [0.3, 0.4) is 0 Å². The lowest BCUT2D eigenvalue weighted by molar-refractivity contribution is -0.00340. The van der Waals surface area contributed by atoms with Crippen molar-refractivity contribution in [1.82, 2.24) is 9.80 Å². The fourth-order valence-electron chi connectivity index (χ4n) is 5.65. The van der Waals surface area contributed by atoms with Crippen molar-refractivity contribution in [3.8, 4) is 6.07 Å². The molecule has 2 aromatic rings. The van der Waals surface area contributed by atoms with Crippen molar-refractivity contribution in [2.75, 3.05) is 19.6 Å². The van der Waals surface area contributed by atoms with Crippen molar-refractivity contribution in [2.45, 2.75) is 37.8 Å². The van der Waals surface area contributed by atoms with Crippen molar-refractivity contribution in [3.05, 3.63) is 70.8 Å².